The van der Waals surface area contributed by atoms with Gasteiger partial charge in [-0.05, 0) is 50.2 Å². The summed E-state index contributed by atoms with van der Waals surface area (Å²) in [5.41, 5.74) is 1.15. The number of carbonyl (C=O) groups is 2. The third-order valence-corrected chi connectivity index (χ3v) is 5.68. The number of ether oxygens (including phenoxy) is 5. The van der Waals surface area contributed by atoms with Gasteiger partial charge >= 0.3 is 0 Å². The normalized spacial score (nSPS) is 19.2. The second-order valence-corrected chi connectivity index (χ2v) is 7.28. The van der Waals surface area contributed by atoms with Crippen LogP contribution in [0.1, 0.15) is 32.1 Å². The molecule has 0 fully saturated rings. The molecule has 0 saturated heterocycles. The van der Waals surface area contributed by atoms with Crippen molar-refractivity contribution >= 4 is 11.6 Å². The fourth-order valence-corrected chi connectivity index (χ4v) is 4.09. The maximum Gasteiger partial charge on any atom is 0.231 e. The molecule has 0 saturated carbocycles. The standard InChI is InChI=1S/C22H24O7/c1-25-21-19(23)15-6-3-13(4-7-16(15)20(24)22(21)26-2)9-10-27-14-5-8-17-18(11-14)29-12-28-17/h5,8,11,13H,3-4,6-7,9-10,12H2,1-2H3. The first-order chi connectivity index (χ1) is 14.1. The molecular formula is C22H24O7. The van der Waals surface area contributed by atoms with Gasteiger partial charge in [0.2, 0.25) is 29.9 Å². The molecule has 0 spiro atoms. The van der Waals surface area contributed by atoms with E-state index in [0.717, 1.165) is 30.8 Å². The molecule has 3 aliphatic rings. The average molecular weight is 400 g/mol. The molecule has 4 rings (SSSR count). The molecule has 1 heterocycles. The molecule has 0 aromatic heterocycles. The van der Waals surface area contributed by atoms with Crippen LogP contribution in [-0.4, -0.2) is 39.2 Å². The number of Topliss-reactive ketones (excluding diaryl/α,β-unsaturated/α-hetero) is 2. The van der Waals surface area contributed by atoms with E-state index in [1.807, 2.05) is 18.2 Å². The van der Waals surface area contributed by atoms with Crippen molar-refractivity contribution in [1.82, 2.24) is 0 Å². The highest BCUT2D eigenvalue weighted by atomic mass is 16.7. The van der Waals surface area contributed by atoms with Gasteiger partial charge < -0.3 is 23.7 Å². The maximum absolute atomic E-state index is 12.7. The Morgan fingerprint density at radius 2 is 1.55 bits per heavy atom. The molecule has 7 heteroatoms. The summed E-state index contributed by atoms with van der Waals surface area (Å²) in [5.74, 6) is 2.11. The van der Waals surface area contributed by atoms with Gasteiger partial charge in [-0.2, -0.15) is 0 Å². The molecule has 0 unspecified atom stereocenters. The molecule has 0 amide bonds. The van der Waals surface area contributed by atoms with Crippen molar-refractivity contribution in [3.63, 3.8) is 0 Å². The van der Waals surface area contributed by atoms with Gasteiger partial charge in [-0.15, -0.1) is 0 Å². The van der Waals surface area contributed by atoms with Gasteiger partial charge in [0.1, 0.15) is 5.75 Å². The van der Waals surface area contributed by atoms with Gasteiger partial charge in [-0.3, -0.25) is 9.59 Å². The molecule has 2 aliphatic carbocycles. The SMILES string of the molecule is COC1=C(OC)C(=O)C2=C(CCC(CCOc3ccc4c(c3)OCO4)CC2)C1=O. The molecule has 0 N–H and O–H groups in total. The smallest absolute Gasteiger partial charge is 0.231 e. The number of methoxy groups -OCH3 is 2. The minimum Gasteiger partial charge on any atom is -0.493 e. The summed E-state index contributed by atoms with van der Waals surface area (Å²) >= 11 is 0. The number of allylic oxidation sites excluding steroid dienone is 2. The zero-order chi connectivity index (χ0) is 20.4. The van der Waals surface area contributed by atoms with E-state index in [-0.39, 0.29) is 29.9 Å². The first kappa shape index (κ1) is 19.4. The number of benzene rings is 1. The molecule has 1 aliphatic heterocycles. The summed E-state index contributed by atoms with van der Waals surface area (Å²) in [7, 11) is 2.77. The lowest BCUT2D eigenvalue weighted by Crippen LogP contribution is -2.25. The van der Waals surface area contributed by atoms with E-state index in [1.54, 1.807) is 0 Å². The van der Waals surface area contributed by atoms with Crippen LogP contribution < -0.4 is 14.2 Å². The Morgan fingerprint density at radius 3 is 2.17 bits per heavy atom. The first-order valence-corrected chi connectivity index (χ1v) is 9.78. The molecule has 0 radical (unpaired) electrons. The summed E-state index contributed by atoms with van der Waals surface area (Å²) in [6, 6.07) is 5.53. The molecule has 1 aromatic rings. The number of hydrogen-bond acceptors (Lipinski definition) is 7. The second kappa shape index (κ2) is 8.19. The summed E-state index contributed by atoms with van der Waals surface area (Å²) in [5, 5.41) is 0. The fraction of sp³-hybridized carbons (Fsp3) is 0.455. The molecule has 7 nitrogen and oxygen atoms in total. The van der Waals surface area contributed by atoms with E-state index >= 15 is 0 Å². The summed E-state index contributed by atoms with van der Waals surface area (Å²) in [4.78, 5) is 25.5. The van der Waals surface area contributed by atoms with E-state index in [2.05, 4.69) is 0 Å². The number of fused-ring (bicyclic) bond motifs is 1. The lowest BCUT2D eigenvalue weighted by molar-refractivity contribution is -0.121. The van der Waals surface area contributed by atoms with Crippen molar-refractivity contribution in [2.24, 2.45) is 5.92 Å². The Morgan fingerprint density at radius 1 is 0.931 bits per heavy atom. The van der Waals surface area contributed by atoms with E-state index in [0.29, 0.717) is 42.3 Å². The van der Waals surface area contributed by atoms with Crippen molar-refractivity contribution in [2.45, 2.75) is 32.1 Å². The number of hydrogen-bond donors (Lipinski definition) is 0. The lowest BCUT2D eigenvalue weighted by Gasteiger charge is -2.20. The van der Waals surface area contributed by atoms with Crippen LogP contribution in [0.25, 0.3) is 0 Å². The van der Waals surface area contributed by atoms with Gasteiger partial charge in [-0.25, -0.2) is 0 Å². The lowest BCUT2D eigenvalue weighted by atomic mass is 9.89. The van der Waals surface area contributed by atoms with Crippen LogP contribution >= 0.6 is 0 Å². The third-order valence-electron chi connectivity index (χ3n) is 5.68. The average Bonchev–Trinajstić information content (AvgIpc) is 3.09. The van der Waals surface area contributed by atoms with Crippen molar-refractivity contribution < 1.29 is 33.3 Å². The Hall–Kier alpha value is -2.96. The van der Waals surface area contributed by atoms with Crippen molar-refractivity contribution in [2.75, 3.05) is 27.6 Å². The van der Waals surface area contributed by atoms with E-state index in [4.69, 9.17) is 23.7 Å². The highest BCUT2D eigenvalue weighted by molar-refractivity contribution is 6.23. The van der Waals surface area contributed by atoms with Crippen LogP contribution in [0, 0.1) is 5.92 Å². The van der Waals surface area contributed by atoms with E-state index in [9.17, 15) is 9.59 Å². The second-order valence-electron chi connectivity index (χ2n) is 7.28. The van der Waals surface area contributed by atoms with Crippen LogP contribution in [0.2, 0.25) is 0 Å². The molecular weight excluding hydrogens is 376 g/mol. The minimum atomic E-state index is -0.226. The van der Waals surface area contributed by atoms with Crippen LogP contribution in [0.15, 0.2) is 40.9 Å². The fourth-order valence-electron chi connectivity index (χ4n) is 4.09. The zero-order valence-corrected chi connectivity index (χ0v) is 16.6. The number of carbonyl (C=O) groups excluding carboxylic acids is 2. The van der Waals surface area contributed by atoms with Crippen LogP contribution in [-0.2, 0) is 19.1 Å². The number of rotatable bonds is 6. The highest BCUT2D eigenvalue weighted by Crippen LogP contribution is 2.38. The highest BCUT2D eigenvalue weighted by Gasteiger charge is 2.37. The molecule has 0 bridgehead atoms. The van der Waals surface area contributed by atoms with Crippen LogP contribution in [0.3, 0.4) is 0 Å². The Balaban J connectivity index is 1.35. The van der Waals surface area contributed by atoms with E-state index < -0.39 is 0 Å². The van der Waals surface area contributed by atoms with Crippen LogP contribution in [0.5, 0.6) is 17.2 Å². The van der Waals surface area contributed by atoms with Gasteiger partial charge in [0, 0.05) is 17.2 Å². The molecule has 29 heavy (non-hydrogen) atoms. The van der Waals surface area contributed by atoms with Crippen molar-refractivity contribution in [3.8, 4) is 17.2 Å². The number of ketones is 2. The van der Waals surface area contributed by atoms with Gasteiger partial charge in [0.25, 0.3) is 0 Å². The maximum atomic E-state index is 12.7. The summed E-state index contributed by atoms with van der Waals surface area (Å²) in [6.07, 6.45) is 3.65. The van der Waals surface area contributed by atoms with Gasteiger partial charge in [0.15, 0.2) is 11.5 Å². The Kier molecular flexibility index (Phi) is 5.47. The topological polar surface area (TPSA) is 80.3 Å². The predicted molar refractivity (Wildman–Crippen MR) is 103 cm³/mol. The minimum absolute atomic E-state index is 0.0147. The Labute approximate surface area is 169 Å². The summed E-state index contributed by atoms with van der Waals surface area (Å²) < 4.78 is 26.8. The molecule has 1 aromatic carbocycles. The van der Waals surface area contributed by atoms with Crippen LogP contribution in [0.4, 0.5) is 0 Å². The van der Waals surface area contributed by atoms with Gasteiger partial charge in [-0.1, -0.05) is 0 Å². The Bertz CT molecular complexity index is 856. The quantitative estimate of drug-likeness (QED) is 0.678. The monoisotopic (exact) mass is 400 g/mol. The van der Waals surface area contributed by atoms with Crippen molar-refractivity contribution in [1.29, 1.82) is 0 Å². The molecule has 0 atom stereocenters. The van der Waals surface area contributed by atoms with E-state index in [1.165, 1.54) is 14.2 Å². The van der Waals surface area contributed by atoms with Gasteiger partial charge in [0.05, 0.1) is 20.8 Å². The molecule has 154 valence electrons. The predicted octanol–water partition coefficient (Wildman–Crippen LogP) is 3.33. The first-order valence-electron chi connectivity index (χ1n) is 9.78. The zero-order valence-electron chi connectivity index (χ0n) is 16.6. The van der Waals surface area contributed by atoms with Crippen molar-refractivity contribution in [3.05, 3.63) is 40.9 Å². The third kappa shape index (κ3) is 3.69. The summed E-state index contributed by atoms with van der Waals surface area (Å²) in [6.45, 7) is 0.794. The largest absolute Gasteiger partial charge is 0.493 e.